The van der Waals surface area contributed by atoms with Crippen LogP contribution in [0.3, 0.4) is 0 Å². The first-order valence-corrected chi connectivity index (χ1v) is 11.8. The molecule has 5 rings (SSSR count). The van der Waals surface area contributed by atoms with E-state index in [4.69, 9.17) is 9.47 Å². The van der Waals surface area contributed by atoms with Crippen LogP contribution in [0.5, 0.6) is 5.75 Å². The van der Waals surface area contributed by atoms with Crippen LogP contribution in [0.15, 0.2) is 78.2 Å². The number of carbonyl (C=O) groups is 2. The minimum Gasteiger partial charge on any atom is -0.486 e. The highest BCUT2D eigenvalue weighted by molar-refractivity contribution is 7.09. The Bertz CT molecular complexity index is 1320. The Morgan fingerprint density at radius 3 is 2.26 bits per heavy atom. The summed E-state index contributed by atoms with van der Waals surface area (Å²) in [5.74, 6) is -0.606. The number of hydrogen-bond acceptors (Lipinski definition) is 6. The van der Waals surface area contributed by atoms with Gasteiger partial charge in [0.2, 0.25) is 0 Å². The highest BCUT2D eigenvalue weighted by Crippen LogP contribution is 2.42. The van der Waals surface area contributed by atoms with E-state index in [-0.39, 0.29) is 30.7 Å². The number of carbonyl (C=O) groups excluding carboxylic acids is 2. The maximum atomic E-state index is 12.7. The Morgan fingerprint density at radius 2 is 1.59 bits per heavy atom. The predicted octanol–water partition coefficient (Wildman–Crippen LogP) is 5.07. The van der Waals surface area contributed by atoms with Crippen molar-refractivity contribution in [1.29, 1.82) is 0 Å². The van der Waals surface area contributed by atoms with Crippen LogP contribution in [0.25, 0.3) is 11.1 Å². The third kappa shape index (κ3) is 4.43. The van der Waals surface area contributed by atoms with Crippen LogP contribution < -0.4 is 10.1 Å². The molecule has 34 heavy (non-hydrogen) atoms. The molecular formula is C27H22N2O4S. The molecule has 1 amide bonds. The first-order chi connectivity index (χ1) is 16.6. The number of rotatable bonds is 7. The van der Waals surface area contributed by atoms with E-state index in [0.29, 0.717) is 5.75 Å². The third-order valence-electron chi connectivity index (χ3n) is 5.62. The number of esters is 1. The number of para-hydroxylation sites is 1. The topological polar surface area (TPSA) is 77.5 Å². The van der Waals surface area contributed by atoms with Crippen molar-refractivity contribution in [3.8, 4) is 16.9 Å². The molecule has 0 radical (unpaired) electrons. The molecule has 0 bridgehead atoms. The van der Waals surface area contributed by atoms with Gasteiger partial charge in [0.1, 0.15) is 17.9 Å². The fraction of sp³-hybridized carbons (Fsp3) is 0.148. The monoisotopic (exact) mass is 470 g/mol. The highest BCUT2D eigenvalue weighted by Gasteiger charge is 2.29. The van der Waals surface area contributed by atoms with Crippen molar-refractivity contribution in [2.45, 2.75) is 19.6 Å². The van der Waals surface area contributed by atoms with E-state index in [1.807, 2.05) is 60.8 Å². The summed E-state index contributed by atoms with van der Waals surface area (Å²) < 4.78 is 11.1. The van der Waals surface area contributed by atoms with Gasteiger partial charge in [-0.15, -0.1) is 11.3 Å². The number of nitrogens with zero attached hydrogens (tertiary/aromatic N) is 1. The quantitative estimate of drug-likeness (QED) is 0.382. The van der Waals surface area contributed by atoms with E-state index < -0.39 is 5.97 Å². The lowest BCUT2D eigenvalue weighted by Gasteiger charge is -2.16. The zero-order valence-electron chi connectivity index (χ0n) is 18.5. The second-order valence-electron chi connectivity index (χ2n) is 7.89. The summed E-state index contributed by atoms with van der Waals surface area (Å²) in [6, 6.07) is 22.5. The minimum absolute atomic E-state index is 0.246. The molecular weight excluding hydrogens is 448 g/mol. The van der Waals surface area contributed by atoms with Crippen LogP contribution in [0.2, 0.25) is 0 Å². The Kier molecular flexibility index (Phi) is 6.10. The number of benzene rings is 3. The van der Waals surface area contributed by atoms with Gasteiger partial charge in [0.15, 0.2) is 6.61 Å². The lowest BCUT2D eigenvalue weighted by Crippen LogP contribution is -2.32. The highest BCUT2D eigenvalue weighted by atomic mass is 32.1. The second-order valence-corrected chi connectivity index (χ2v) is 8.96. The summed E-state index contributed by atoms with van der Waals surface area (Å²) in [5.41, 5.74) is 5.31. The van der Waals surface area contributed by atoms with E-state index in [1.165, 1.54) is 11.3 Å². The molecule has 1 aromatic heterocycles. The first kappa shape index (κ1) is 21.9. The van der Waals surface area contributed by atoms with Gasteiger partial charge in [-0.25, -0.2) is 9.78 Å². The largest absolute Gasteiger partial charge is 0.486 e. The second kappa shape index (κ2) is 9.49. The summed E-state index contributed by atoms with van der Waals surface area (Å²) >= 11 is 1.54. The van der Waals surface area contributed by atoms with E-state index in [9.17, 15) is 9.59 Å². The zero-order valence-corrected chi connectivity index (χ0v) is 19.3. The fourth-order valence-corrected chi connectivity index (χ4v) is 4.71. The van der Waals surface area contributed by atoms with Crippen molar-refractivity contribution in [2.75, 3.05) is 6.61 Å². The average molecular weight is 471 g/mol. The van der Waals surface area contributed by atoms with Gasteiger partial charge >= 0.3 is 5.97 Å². The zero-order chi connectivity index (χ0) is 23.5. The van der Waals surface area contributed by atoms with Crippen LogP contribution in [0, 0.1) is 6.92 Å². The van der Waals surface area contributed by atoms with Gasteiger partial charge < -0.3 is 14.8 Å². The molecule has 7 heteroatoms. The first-order valence-electron chi connectivity index (χ1n) is 10.9. The van der Waals surface area contributed by atoms with E-state index in [0.717, 1.165) is 33.0 Å². The van der Waals surface area contributed by atoms with Gasteiger partial charge in [-0.3, -0.25) is 4.79 Å². The van der Waals surface area contributed by atoms with Gasteiger partial charge in [0, 0.05) is 5.38 Å². The Morgan fingerprint density at radius 1 is 0.941 bits per heavy atom. The summed E-state index contributed by atoms with van der Waals surface area (Å²) in [6.07, 6.45) is 0. The molecule has 170 valence electrons. The Balaban J connectivity index is 1.23. The maximum absolute atomic E-state index is 12.7. The van der Waals surface area contributed by atoms with Crippen molar-refractivity contribution in [3.05, 3.63) is 106 Å². The average Bonchev–Trinajstić information content (AvgIpc) is 3.43. The predicted molar refractivity (Wildman–Crippen MR) is 130 cm³/mol. The molecule has 1 aliphatic carbocycles. The number of thiazole rings is 1. The molecule has 1 N–H and O–H groups in total. The molecule has 6 nitrogen and oxygen atoms in total. The molecule has 0 unspecified atom stereocenters. The number of fused-ring (bicyclic) bond motifs is 3. The van der Waals surface area contributed by atoms with Crippen molar-refractivity contribution >= 4 is 23.2 Å². The van der Waals surface area contributed by atoms with Crippen LogP contribution in [-0.4, -0.2) is 23.5 Å². The standard InChI is InChI=1S/C27H22N2O4S/c1-17-28-18(16-34-17)14-32-24-13-7-6-12-23(24)27(31)33-15-25(30)29-26-21-10-4-2-8-19(21)20-9-3-5-11-22(20)26/h2-13,16,26H,14-15H2,1H3,(H,29,30). The van der Waals surface area contributed by atoms with Crippen LogP contribution >= 0.6 is 11.3 Å². The molecule has 0 saturated heterocycles. The van der Waals surface area contributed by atoms with E-state index >= 15 is 0 Å². The van der Waals surface area contributed by atoms with Gasteiger partial charge in [0.05, 0.1) is 16.7 Å². The summed E-state index contributed by atoms with van der Waals surface area (Å²) in [4.78, 5) is 29.8. The van der Waals surface area contributed by atoms with Gasteiger partial charge in [0.25, 0.3) is 5.91 Å². The Hall–Kier alpha value is -3.97. The molecule has 0 atom stereocenters. The normalized spacial score (nSPS) is 12.0. The van der Waals surface area contributed by atoms with Crippen LogP contribution in [0.1, 0.15) is 38.2 Å². The smallest absolute Gasteiger partial charge is 0.342 e. The lowest BCUT2D eigenvalue weighted by atomic mass is 10.1. The number of ether oxygens (including phenoxy) is 2. The van der Waals surface area contributed by atoms with Crippen molar-refractivity contribution in [3.63, 3.8) is 0 Å². The van der Waals surface area contributed by atoms with E-state index in [2.05, 4.69) is 10.3 Å². The number of aryl methyl sites for hydroxylation is 1. The van der Waals surface area contributed by atoms with E-state index in [1.54, 1.807) is 24.3 Å². The number of hydrogen-bond donors (Lipinski definition) is 1. The van der Waals surface area contributed by atoms with Crippen molar-refractivity contribution in [1.82, 2.24) is 10.3 Å². The molecule has 0 saturated carbocycles. The van der Waals surface area contributed by atoms with Gasteiger partial charge in [-0.2, -0.15) is 0 Å². The molecule has 4 aromatic rings. The van der Waals surface area contributed by atoms with Crippen LogP contribution in [0.4, 0.5) is 0 Å². The Labute approximate surface area is 201 Å². The van der Waals surface area contributed by atoms with Crippen LogP contribution in [-0.2, 0) is 16.1 Å². The molecule has 0 aliphatic heterocycles. The number of nitrogens with one attached hydrogen (secondary N) is 1. The lowest BCUT2D eigenvalue weighted by molar-refractivity contribution is -0.124. The SMILES string of the molecule is Cc1nc(COc2ccccc2C(=O)OCC(=O)NC2c3ccccc3-c3ccccc32)cs1. The van der Waals surface area contributed by atoms with Gasteiger partial charge in [-0.1, -0.05) is 60.7 Å². The summed E-state index contributed by atoms with van der Waals surface area (Å²) in [6.45, 7) is 1.78. The molecule has 0 fully saturated rings. The molecule has 3 aromatic carbocycles. The third-order valence-corrected chi connectivity index (χ3v) is 6.44. The molecule has 1 aliphatic rings. The van der Waals surface area contributed by atoms with Crippen molar-refractivity contribution in [2.24, 2.45) is 0 Å². The van der Waals surface area contributed by atoms with Crippen molar-refractivity contribution < 1.29 is 19.1 Å². The summed E-state index contributed by atoms with van der Waals surface area (Å²) in [5, 5.41) is 5.87. The number of aromatic nitrogens is 1. The fourth-order valence-electron chi connectivity index (χ4n) is 4.11. The summed E-state index contributed by atoms with van der Waals surface area (Å²) in [7, 11) is 0. The number of amides is 1. The minimum atomic E-state index is -0.618. The van der Waals surface area contributed by atoms with Gasteiger partial charge in [-0.05, 0) is 41.3 Å². The molecule has 0 spiro atoms. The maximum Gasteiger partial charge on any atom is 0.342 e. The molecule has 1 heterocycles.